The predicted octanol–water partition coefficient (Wildman–Crippen LogP) is 3.07. The van der Waals surface area contributed by atoms with Crippen LogP contribution in [0.15, 0.2) is 12.2 Å². The summed E-state index contributed by atoms with van der Waals surface area (Å²) >= 11 is 0. The molecule has 2 aliphatic carbocycles. The van der Waals surface area contributed by atoms with E-state index < -0.39 is 0 Å². The first-order chi connectivity index (χ1) is 13.4. The first-order valence-electron chi connectivity index (χ1n) is 10.9. The topological polar surface area (TPSA) is 59.1 Å². The second-order valence-electron chi connectivity index (χ2n) is 9.39. The fourth-order valence-electron chi connectivity index (χ4n) is 6.07. The van der Waals surface area contributed by atoms with Crippen molar-refractivity contribution in [3.8, 4) is 0 Å². The smallest absolute Gasteiger partial charge is 0.409 e. The summed E-state index contributed by atoms with van der Waals surface area (Å²) in [7, 11) is 0. The number of ether oxygens (including phenoxy) is 2. The van der Waals surface area contributed by atoms with Gasteiger partial charge in [-0.25, -0.2) is 4.79 Å². The van der Waals surface area contributed by atoms with Crippen LogP contribution in [0.3, 0.4) is 0 Å². The highest BCUT2D eigenvalue weighted by Gasteiger charge is 2.55. The summed E-state index contributed by atoms with van der Waals surface area (Å²) < 4.78 is 11.0. The SMILES string of the molecule is C=C1CCC[C@]2(C)C[C@H]3OC(=O)[C@@H](CN4CCN(C(=O)OCC)CC4)[C@H]3C[C@@H]12. The highest BCUT2D eigenvalue weighted by molar-refractivity contribution is 5.75. The molecular formula is C22H34N2O4. The summed E-state index contributed by atoms with van der Waals surface area (Å²) in [5.74, 6) is 0.776. The van der Waals surface area contributed by atoms with Crippen molar-refractivity contribution in [1.82, 2.24) is 9.80 Å². The van der Waals surface area contributed by atoms with Gasteiger partial charge in [-0.3, -0.25) is 9.69 Å². The monoisotopic (exact) mass is 390 g/mol. The van der Waals surface area contributed by atoms with Gasteiger partial charge in [-0.05, 0) is 50.4 Å². The van der Waals surface area contributed by atoms with E-state index >= 15 is 0 Å². The molecule has 0 N–H and O–H groups in total. The average Bonchev–Trinajstić information content (AvgIpc) is 2.95. The van der Waals surface area contributed by atoms with Crippen molar-refractivity contribution in [2.75, 3.05) is 39.3 Å². The van der Waals surface area contributed by atoms with Crippen LogP contribution < -0.4 is 0 Å². The molecule has 0 spiro atoms. The number of piperazine rings is 1. The largest absolute Gasteiger partial charge is 0.462 e. The van der Waals surface area contributed by atoms with Crippen LogP contribution >= 0.6 is 0 Å². The van der Waals surface area contributed by atoms with Gasteiger partial charge in [-0.15, -0.1) is 0 Å². The number of fused-ring (bicyclic) bond motifs is 2. The molecule has 0 aromatic rings. The van der Waals surface area contributed by atoms with Gasteiger partial charge in [0.2, 0.25) is 0 Å². The molecule has 0 bridgehead atoms. The van der Waals surface area contributed by atoms with E-state index in [1.165, 1.54) is 18.4 Å². The van der Waals surface area contributed by atoms with E-state index in [1.807, 2.05) is 6.92 Å². The Morgan fingerprint density at radius 3 is 2.79 bits per heavy atom. The Morgan fingerprint density at radius 1 is 1.32 bits per heavy atom. The molecule has 1 amide bonds. The van der Waals surface area contributed by atoms with Crippen molar-refractivity contribution in [3.05, 3.63) is 12.2 Å². The van der Waals surface area contributed by atoms with Gasteiger partial charge in [0.05, 0.1) is 12.5 Å². The summed E-state index contributed by atoms with van der Waals surface area (Å²) in [6.45, 7) is 12.6. The zero-order valence-corrected chi connectivity index (χ0v) is 17.3. The van der Waals surface area contributed by atoms with Crippen LogP contribution in [-0.4, -0.2) is 67.3 Å². The van der Waals surface area contributed by atoms with E-state index in [0.29, 0.717) is 31.5 Å². The van der Waals surface area contributed by atoms with Crippen LogP contribution in [0.2, 0.25) is 0 Å². The summed E-state index contributed by atoms with van der Waals surface area (Å²) in [6.07, 6.45) is 5.44. The Bertz CT molecular complexity index is 642. The molecular weight excluding hydrogens is 356 g/mol. The van der Waals surface area contributed by atoms with Gasteiger partial charge < -0.3 is 14.4 Å². The van der Waals surface area contributed by atoms with Crippen molar-refractivity contribution >= 4 is 12.1 Å². The lowest BCUT2D eigenvalue weighted by atomic mass is 9.55. The Hall–Kier alpha value is -1.56. The quantitative estimate of drug-likeness (QED) is 0.547. The van der Waals surface area contributed by atoms with Crippen molar-refractivity contribution in [2.45, 2.75) is 52.1 Å². The van der Waals surface area contributed by atoms with Gasteiger partial charge in [-0.2, -0.15) is 0 Å². The molecule has 0 radical (unpaired) electrons. The number of rotatable bonds is 3. The summed E-state index contributed by atoms with van der Waals surface area (Å²) in [5, 5.41) is 0. The molecule has 6 heteroatoms. The molecule has 0 aromatic carbocycles. The second-order valence-corrected chi connectivity index (χ2v) is 9.39. The standard InChI is InChI=1S/C22H34N2O4/c1-4-27-21(26)24-10-8-23(9-11-24)14-17-16-12-18-15(2)6-5-7-22(18,3)13-19(16)28-20(17)25/h16-19H,2,4-14H2,1,3H3/t16-,17+,18+,19-,22-/m1/s1. The lowest BCUT2D eigenvalue weighted by Crippen LogP contribution is -2.51. The van der Waals surface area contributed by atoms with Crippen molar-refractivity contribution in [1.29, 1.82) is 0 Å². The third-order valence-electron chi connectivity index (χ3n) is 7.67. The molecule has 2 aliphatic heterocycles. The first-order valence-corrected chi connectivity index (χ1v) is 10.9. The molecule has 0 aromatic heterocycles. The third kappa shape index (κ3) is 3.56. The van der Waals surface area contributed by atoms with E-state index in [-0.39, 0.29) is 29.5 Å². The average molecular weight is 391 g/mol. The molecule has 6 nitrogen and oxygen atoms in total. The lowest BCUT2D eigenvalue weighted by Gasteiger charge is -2.50. The van der Waals surface area contributed by atoms with E-state index in [4.69, 9.17) is 9.47 Å². The van der Waals surface area contributed by atoms with Gasteiger partial charge in [0.25, 0.3) is 0 Å². The molecule has 2 heterocycles. The minimum absolute atomic E-state index is 0.0179. The maximum atomic E-state index is 12.7. The number of hydrogen-bond donors (Lipinski definition) is 0. The number of hydrogen-bond acceptors (Lipinski definition) is 5. The van der Waals surface area contributed by atoms with Crippen LogP contribution in [0.5, 0.6) is 0 Å². The number of esters is 1. The Kier molecular flexibility index (Phi) is 5.43. The normalized spacial score (nSPS) is 38.6. The maximum absolute atomic E-state index is 12.7. The van der Waals surface area contributed by atoms with E-state index in [9.17, 15) is 9.59 Å². The van der Waals surface area contributed by atoms with Crippen LogP contribution in [0.25, 0.3) is 0 Å². The summed E-state index contributed by atoms with van der Waals surface area (Å²) in [5.41, 5.74) is 1.63. The molecule has 5 atom stereocenters. The Labute approximate surface area is 168 Å². The molecule has 2 saturated heterocycles. The lowest BCUT2D eigenvalue weighted by molar-refractivity contribution is -0.146. The summed E-state index contributed by atoms with van der Waals surface area (Å²) in [4.78, 5) is 28.7. The minimum atomic E-state index is -0.232. The first kappa shape index (κ1) is 19.7. The van der Waals surface area contributed by atoms with Crippen molar-refractivity contribution in [3.63, 3.8) is 0 Å². The molecule has 4 rings (SSSR count). The zero-order chi connectivity index (χ0) is 19.9. The van der Waals surface area contributed by atoms with E-state index in [1.54, 1.807) is 4.90 Å². The number of carbonyl (C=O) groups excluding carboxylic acids is 2. The van der Waals surface area contributed by atoms with Crippen molar-refractivity contribution < 1.29 is 19.1 Å². The molecule has 2 saturated carbocycles. The second kappa shape index (κ2) is 7.69. The molecule has 156 valence electrons. The summed E-state index contributed by atoms with van der Waals surface area (Å²) in [6, 6.07) is 0. The number of allylic oxidation sites excluding steroid dienone is 1. The van der Waals surface area contributed by atoms with Gasteiger partial charge >= 0.3 is 12.1 Å². The molecule has 4 aliphatic rings. The molecule has 28 heavy (non-hydrogen) atoms. The van der Waals surface area contributed by atoms with E-state index in [2.05, 4.69) is 18.4 Å². The number of nitrogens with zero attached hydrogens (tertiary/aromatic N) is 2. The zero-order valence-electron chi connectivity index (χ0n) is 17.3. The molecule has 0 unspecified atom stereocenters. The fourth-order valence-corrected chi connectivity index (χ4v) is 6.07. The third-order valence-corrected chi connectivity index (χ3v) is 7.67. The highest BCUT2D eigenvalue weighted by atomic mass is 16.6. The Morgan fingerprint density at radius 2 is 2.07 bits per heavy atom. The fraction of sp³-hybridized carbons (Fsp3) is 0.818. The van der Waals surface area contributed by atoms with Crippen LogP contribution in [-0.2, 0) is 14.3 Å². The van der Waals surface area contributed by atoms with Gasteiger partial charge in [0.1, 0.15) is 6.10 Å². The minimum Gasteiger partial charge on any atom is -0.462 e. The van der Waals surface area contributed by atoms with Crippen molar-refractivity contribution in [2.24, 2.45) is 23.2 Å². The van der Waals surface area contributed by atoms with Gasteiger partial charge in [0, 0.05) is 38.6 Å². The van der Waals surface area contributed by atoms with Crippen LogP contribution in [0.4, 0.5) is 4.79 Å². The Balaban J connectivity index is 1.38. The van der Waals surface area contributed by atoms with Gasteiger partial charge in [-0.1, -0.05) is 19.1 Å². The number of carbonyl (C=O) groups is 2. The van der Waals surface area contributed by atoms with E-state index in [0.717, 1.165) is 38.9 Å². The highest BCUT2D eigenvalue weighted by Crippen LogP contribution is 2.56. The van der Waals surface area contributed by atoms with Crippen LogP contribution in [0.1, 0.15) is 46.0 Å². The van der Waals surface area contributed by atoms with Crippen LogP contribution in [0, 0.1) is 23.2 Å². The maximum Gasteiger partial charge on any atom is 0.409 e. The number of amides is 1. The molecule has 4 fully saturated rings. The predicted molar refractivity (Wildman–Crippen MR) is 106 cm³/mol. The van der Waals surface area contributed by atoms with Gasteiger partial charge in [0.15, 0.2) is 0 Å².